The van der Waals surface area contributed by atoms with Crippen LogP contribution in [0.3, 0.4) is 0 Å². The van der Waals surface area contributed by atoms with E-state index in [2.05, 4.69) is 10.6 Å². The predicted octanol–water partition coefficient (Wildman–Crippen LogP) is 3.50. The first-order chi connectivity index (χ1) is 10.6. The van der Waals surface area contributed by atoms with E-state index >= 15 is 0 Å². The van der Waals surface area contributed by atoms with Crippen LogP contribution < -0.4 is 20.1 Å². The predicted molar refractivity (Wildman–Crippen MR) is 93.8 cm³/mol. The number of benzene rings is 2. The maximum Gasteiger partial charge on any atom is 0.171 e. The first kappa shape index (κ1) is 16.1. The van der Waals surface area contributed by atoms with Gasteiger partial charge in [0.05, 0.1) is 14.2 Å². The molecule has 2 rings (SSSR count). The number of hydrogen-bond donors (Lipinski definition) is 2. The van der Waals surface area contributed by atoms with Crippen LogP contribution in [0.2, 0.25) is 0 Å². The monoisotopic (exact) mass is 316 g/mol. The van der Waals surface area contributed by atoms with Crippen LogP contribution in [0.15, 0.2) is 42.5 Å². The van der Waals surface area contributed by atoms with Gasteiger partial charge in [0.2, 0.25) is 0 Å². The summed E-state index contributed by atoms with van der Waals surface area (Å²) in [5.41, 5.74) is 3.22. The molecule has 5 heteroatoms. The first-order valence-corrected chi connectivity index (χ1v) is 7.36. The van der Waals surface area contributed by atoms with Crippen LogP contribution >= 0.6 is 12.2 Å². The van der Waals surface area contributed by atoms with E-state index in [0.29, 0.717) is 23.2 Å². The van der Waals surface area contributed by atoms with Crippen molar-refractivity contribution in [2.24, 2.45) is 0 Å². The lowest BCUT2D eigenvalue weighted by Crippen LogP contribution is -2.28. The molecule has 0 saturated heterocycles. The standard InChI is InChI=1S/C17H20N2O2S/c1-12-6-4-5-7-14(12)19-17(22)18-11-13-8-9-15(20-2)16(10-13)21-3/h4-10H,11H2,1-3H3,(H2,18,19,22). The molecular weight excluding hydrogens is 296 g/mol. The van der Waals surface area contributed by atoms with Crippen molar-refractivity contribution in [1.29, 1.82) is 0 Å². The van der Waals surface area contributed by atoms with E-state index in [0.717, 1.165) is 16.8 Å². The molecule has 0 heterocycles. The van der Waals surface area contributed by atoms with Gasteiger partial charge in [-0.15, -0.1) is 0 Å². The van der Waals surface area contributed by atoms with E-state index in [-0.39, 0.29) is 0 Å². The van der Waals surface area contributed by atoms with Gasteiger partial charge in [0.1, 0.15) is 0 Å². The fourth-order valence-electron chi connectivity index (χ4n) is 2.05. The molecule has 0 spiro atoms. The van der Waals surface area contributed by atoms with Gasteiger partial charge in [-0.05, 0) is 48.5 Å². The zero-order valence-electron chi connectivity index (χ0n) is 13.0. The lowest BCUT2D eigenvalue weighted by atomic mass is 10.2. The van der Waals surface area contributed by atoms with Crippen LogP contribution in [0.1, 0.15) is 11.1 Å². The van der Waals surface area contributed by atoms with Crippen molar-refractivity contribution in [3.8, 4) is 11.5 Å². The summed E-state index contributed by atoms with van der Waals surface area (Å²) in [6.07, 6.45) is 0. The Balaban J connectivity index is 1.95. The highest BCUT2D eigenvalue weighted by molar-refractivity contribution is 7.80. The molecule has 0 atom stereocenters. The molecule has 0 aliphatic rings. The van der Waals surface area contributed by atoms with Gasteiger partial charge in [-0.25, -0.2) is 0 Å². The summed E-state index contributed by atoms with van der Waals surface area (Å²) in [7, 11) is 3.25. The number of ether oxygens (including phenoxy) is 2. The van der Waals surface area contributed by atoms with Gasteiger partial charge >= 0.3 is 0 Å². The van der Waals surface area contributed by atoms with Gasteiger partial charge in [0.15, 0.2) is 16.6 Å². The summed E-state index contributed by atoms with van der Waals surface area (Å²) in [6.45, 7) is 2.65. The Morgan fingerprint density at radius 1 is 1.05 bits per heavy atom. The minimum Gasteiger partial charge on any atom is -0.493 e. The summed E-state index contributed by atoms with van der Waals surface area (Å²) in [5.74, 6) is 1.42. The van der Waals surface area contributed by atoms with E-state index in [1.165, 1.54) is 0 Å². The smallest absolute Gasteiger partial charge is 0.171 e. The molecule has 2 N–H and O–H groups in total. The van der Waals surface area contributed by atoms with E-state index in [1.807, 2.05) is 49.4 Å². The van der Waals surface area contributed by atoms with E-state index in [4.69, 9.17) is 21.7 Å². The Morgan fingerprint density at radius 3 is 2.45 bits per heavy atom. The van der Waals surface area contributed by atoms with Gasteiger partial charge in [-0.3, -0.25) is 0 Å². The summed E-state index contributed by atoms with van der Waals surface area (Å²) in [5, 5.41) is 6.97. The van der Waals surface area contributed by atoms with Crippen LogP contribution in [0.4, 0.5) is 5.69 Å². The SMILES string of the molecule is COc1ccc(CNC(=S)Nc2ccccc2C)cc1OC. The molecule has 2 aromatic rings. The second kappa shape index (κ2) is 7.66. The average Bonchev–Trinajstić information content (AvgIpc) is 2.54. The largest absolute Gasteiger partial charge is 0.493 e. The molecule has 22 heavy (non-hydrogen) atoms. The Hall–Kier alpha value is -2.27. The van der Waals surface area contributed by atoms with Crippen molar-refractivity contribution in [2.45, 2.75) is 13.5 Å². The molecule has 0 aromatic heterocycles. The van der Waals surface area contributed by atoms with Crippen molar-refractivity contribution >= 4 is 23.0 Å². The topological polar surface area (TPSA) is 42.5 Å². The molecule has 0 saturated carbocycles. The minimum absolute atomic E-state index is 0.587. The zero-order valence-corrected chi connectivity index (χ0v) is 13.8. The second-order valence-corrected chi connectivity index (χ2v) is 5.22. The third-order valence-electron chi connectivity index (χ3n) is 3.29. The second-order valence-electron chi connectivity index (χ2n) is 4.81. The van der Waals surface area contributed by atoms with Gasteiger partial charge in [-0.2, -0.15) is 0 Å². The Kier molecular flexibility index (Phi) is 5.61. The normalized spacial score (nSPS) is 9.95. The van der Waals surface area contributed by atoms with Crippen LogP contribution in [0.5, 0.6) is 11.5 Å². The van der Waals surface area contributed by atoms with Crippen LogP contribution in [-0.2, 0) is 6.54 Å². The molecule has 0 amide bonds. The number of hydrogen-bond acceptors (Lipinski definition) is 3. The molecule has 0 unspecified atom stereocenters. The number of nitrogens with one attached hydrogen (secondary N) is 2. The third kappa shape index (κ3) is 4.11. The summed E-state index contributed by atoms with van der Waals surface area (Å²) in [6, 6.07) is 13.8. The Labute approximate surface area is 136 Å². The van der Waals surface area contributed by atoms with E-state index in [1.54, 1.807) is 14.2 Å². The molecule has 4 nitrogen and oxygen atoms in total. The Morgan fingerprint density at radius 2 is 1.77 bits per heavy atom. The molecule has 0 aliphatic heterocycles. The van der Waals surface area contributed by atoms with Gasteiger partial charge in [0, 0.05) is 12.2 Å². The lowest BCUT2D eigenvalue weighted by molar-refractivity contribution is 0.354. The maximum absolute atomic E-state index is 5.33. The van der Waals surface area contributed by atoms with Crippen LogP contribution in [0, 0.1) is 6.92 Å². The van der Waals surface area contributed by atoms with Gasteiger partial charge < -0.3 is 20.1 Å². The lowest BCUT2D eigenvalue weighted by Gasteiger charge is -2.13. The summed E-state index contributed by atoms with van der Waals surface area (Å²) < 4.78 is 10.5. The Bertz CT molecular complexity index is 659. The molecule has 0 aliphatic carbocycles. The van der Waals surface area contributed by atoms with Gasteiger partial charge in [-0.1, -0.05) is 24.3 Å². The van der Waals surface area contributed by atoms with Crippen molar-refractivity contribution in [1.82, 2.24) is 5.32 Å². The average molecular weight is 316 g/mol. The number of methoxy groups -OCH3 is 2. The first-order valence-electron chi connectivity index (χ1n) is 6.95. The van der Waals surface area contributed by atoms with Crippen molar-refractivity contribution < 1.29 is 9.47 Å². The third-order valence-corrected chi connectivity index (χ3v) is 3.54. The molecule has 0 fully saturated rings. The van der Waals surface area contributed by atoms with Crippen LogP contribution in [0.25, 0.3) is 0 Å². The number of thiocarbonyl (C=S) groups is 1. The van der Waals surface area contributed by atoms with E-state index < -0.39 is 0 Å². The summed E-state index contributed by atoms with van der Waals surface area (Å²) in [4.78, 5) is 0. The zero-order chi connectivity index (χ0) is 15.9. The molecule has 116 valence electrons. The number of para-hydroxylation sites is 1. The molecular formula is C17H20N2O2S. The minimum atomic E-state index is 0.587. The van der Waals surface area contributed by atoms with E-state index in [9.17, 15) is 0 Å². The van der Waals surface area contributed by atoms with Gasteiger partial charge in [0.25, 0.3) is 0 Å². The molecule has 0 bridgehead atoms. The molecule has 0 radical (unpaired) electrons. The fraction of sp³-hybridized carbons (Fsp3) is 0.235. The number of anilines is 1. The van der Waals surface area contributed by atoms with Crippen molar-refractivity contribution in [2.75, 3.05) is 19.5 Å². The molecule has 2 aromatic carbocycles. The van der Waals surface area contributed by atoms with Crippen molar-refractivity contribution in [3.63, 3.8) is 0 Å². The highest BCUT2D eigenvalue weighted by Gasteiger charge is 2.05. The quantitative estimate of drug-likeness (QED) is 0.827. The number of rotatable bonds is 5. The fourth-order valence-corrected chi connectivity index (χ4v) is 2.23. The number of aryl methyl sites for hydroxylation is 1. The summed E-state index contributed by atoms with van der Waals surface area (Å²) >= 11 is 5.33. The highest BCUT2D eigenvalue weighted by Crippen LogP contribution is 2.27. The van der Waals surface area contributed by atoms with Crippen LogP contribution in [-0.4, -0.2) is 19.3 Å². The van der Waals surface area contributed by atoms with Crippen molar-refractivity contribution in [3.05, 3.63) is 53.6 Å². The maximum atomic E-state index is 5.33. The highest BCUT2D eigenvalue weighted by atomic mass is 32.1.